The van der Waals surface area contributed by atoms with Gasteiger partial charge in [0.2, 0.25) is 5.04 Å². The van der Waals surface area contributed by atoms with Crippen LogP contribution >= 0.6 is 11.8 Å². The lowest BCUT2D eigenvalue weighted by atomic mass is 9.69. The summed E-state index contributed by atoms with van der Waals surface area (Å²) in [5, 5.41) is 7.43. The van der Waals surface area contributed by atoms with Crippen LogP contribution in [0.15, 0.2) is 29.4 Å². The minimum absolute atomic E-state index is 0.120. The van der Waals surface area contributed by atoms with Gasteiger partial charge in [0.15, 0.2) is 0 Å². The maximum atomic E-state index is 12.5. The molecule has 0 N–H and O–H groups in total. The Kier molecular flexibility index (Phi) is 3.96. The summed E-state index contributed by atoms with van der Waals surface area (Å²) in [6.07, 6.45) is 3.41. The highest BCUT2D eigenvalue weighted by Crippen LogP contribution is 2.72. The third kappa shape index (κ3) is 2.43. The standard InChI is InChI=1S/C21H28N2O2S/c1-6-25-18(24)17-22-23(16-9-7-14(2)8-10-16)21(26-17)12-15-11-20(21,5)13-19(15,3)4/h7-10,15H,6,11-13H2,1-5H3/t15-,20-,21-/m1/s1. The van der Waals surface area contributed by atoms with Gasteiger partial charge in [-0.05, 0) is 56.6 Å². The Balaban J connectivity index is 1.77. The van der Waals surface area contributed by atoms with E-state index < -0.39 is 0 Å². The summed E-state index contributed by atoms with van der Waals surface area (Å²) in [6.45, 7) is 11.5. The molecule has 2 aliphatic carbocycles. The smallest absolute Gasteiger partial charge is 0.365 e. The first-order valence-electron chi connectivity index (χ1n) is 9.52. The topological polar surface area (TPSA) is 41.9 Å². The van der Waals surface area contributed by atoms with Gasteiger partial charge in [-0.3, -0.25) is 0 Å². The second-order valence-corrected chi connectivity index (χ2v) is 10.3. The largest absolute Gasteiger partial charge is 0.461 e. The maximum absolute atomic E-state index is 12.5. The summed E-state index contributed by atoms with van der Waals surface area (Å²) in [5.41, 5.74) is 2.76. The van der Waals surface area contributed by atoms with Crippen LogP contribution in [0.1, 0.15) is 52.5 Å². The summed E-state index contributed by atoms with van der Waals surface area (Å²) in [6, 6.07) is 8.47. The minimum atomic E-state index is -0.294. The summed E-state index contributed by atoms with van der Waals surface area (Å²) in [7, 11) is 0. The van der Waals surface area contributed by atoms with Gasteiger partial charge in [0.05, 0.1) is 12.3 Å². The highest BCUT2D eigenvalue weighted by molar-refractivity contribution is 8.17. The maximum Gasteiger partial charge on any atom is 0.365 e. The average molecular weight is 373 g/mol. The van der Waals surface area contributed by atoms with Crippen LogP contribution in [-0.2, 0) is 9.53 Å². The molecular formula is C21H28N2O2S. The molecule has 4 nitrogen and oxygen atoms in total. The first-order valence-corrected chi connectivity index (χ1v) is 10.3. The van der Waals surface area contributed by atoms with Gasteiger partial charge >= 0.3 is 5.97 Å². The number of ether oxygens (including phenoxy) is 1. The van der Waals surface area contributed by atoms with E-state index in [9.17, 15) is 4.79 Å². The van der Waals surface area contributed by atoms with Gasteiger partial charge in [0.1, 0.15) is 4.87 Å². The molecule has 0 radical (unpaired) electrons. The number of aryl methyl sites for hydroxylation is 1. The molecule has 1 heterocycles. The Morgan fingerprint density at radius 3 is 2.50 bits per heavy atom. The number of hydrazone groups is 1. The molecule has 2 fully saturated rings. The van der Waals surface area contributed by atoms with E-state index in [1.165, 1.54) is 12.0 Å². The Morgan fingerprint density at radius 2 is 1.96 bits per heavy atom. The molecule has 1 aromatic carbocycles. The number of nitrogens with zero attached hydrogens (tertiary/aromatic N) is 2. The van der Waals surface area contributed by atoms with Gasteiger partial charge in [0.25, 0.3) is 0 Å². The van der Waals surface area contributed by atoms with E-state index in [-0.39, 0.29) is 16.3 Å². The van der Waals surface area contributed by atoms with Crippen LogP contribution in [0.2, 0.25) is 0 Å². The van der Waals surface area contributed by atoms with Crippen LogP contribution in [0.25, 0.3) is 0 Å². The van der Waals surface area contributed by atoms with Gasteiger partial charge in [-0.25, -0.2) is 9.80 Å². The van der Waals surface area contributed by atoms with Crippen molar-refractivity contribution in [1.29, 1.82) is 0 Å². The van der Waals surface area contributed by atoms with Crippen LogP contribution < -0.4 is 5.01 Å². The zero-order valence-corrected chi connectivity index (χ0v) is 17.2. The van der Waals surface area contributed by atoms with Gasteiger partial charge in [-0.2, -0.15) is 5.10 Å². The molecule has 4 rings (SSSR count). The predicted molar refractivity (Wildman–Crippen MR) is 107 cm³/mol. The fourth-order valence-corrected chi connectivity index (χ4v) is 6.90. The van der Waals surface area contributed by atoms with Crippen LogP contribution in [0, 0.1) is 23.7 Å². The highest BCUT2D eigenvalue weighted by Gasteiger charge is 2.70. The Morgan fingerprint density at radius 1 is 1.27 bits per heavy atom. The Hall–Kier alpha value is -1.49. The lowest BCUT2D eigenvalue weighted by Crippen LogP contribution is -2.52. The lowest BCUT2D eigenvalue weighted by molar-refractivity contribution is -0.134. The molecule has 0 unspecified atom stereocenters. The van der Waals surface area contributed by atoms with Gasteiger partial charge < -0.3 is 4.74 Å². The van der Waals surface area contributed by atoms with E-state index in [1.807, 2.05) is 6.92 Å². The third-order valence-corrected chi connectivity index (χ3v) is 8.25. The lowest BCUT2D eigenvalue weighted by Gasteiger charge is -2.49. The first-order chi connectivity index (χ1) is 12.2. The number of thioether (sulfide) groups is 1. The van der Waals surface area contributed by atoms with E-state index in [0.717, 1.165) is 18.5 Å². The summed E-state index contributed by atoms with van der Waals surface area (Å²) >= 11 is 1.64. The number of benzene rings is 1. The Bertz CT molecular complexity index is 773. The van der Waals surface area contributed by atoms with Crippen LogP contribution in [0.5, 0.6) is 0 Å². The average Bonchev–Trinajstić information content (AvgIpc) is 3.15. The number of carbonyl (C=O) groups is 1. The van der Waals surface area contributed by atoms with Crippen molar-refractivity contribution in [3.63, 3.8) is 0 Å². The highest BCUT2D eigenvalue weighted by atomic mass is 32.2. The molecule has 26 heavy (non-hydrogen) atoms. The predicted octanol–water partition coefficient (Wildman–Crippen LogP) is 4.97. The zero-order chi connectivity index (χ0) is 18.7. The molecule has 0 amide bonds. The fraction of sp³-hybridized carbons (Fsp3) is 0.619. The Labute approximate surface area is 160 Å². The fourth-order valence-electron chi connectivity index (χ4n) is 5.40. The van der Waals surface area contributed by atoms with Crippen molar-refractivity contribution in [3.8, 4) is 0 Å². The van der Waals surface area contributed by atoms with Gasteiger partial charge in [-0.1, -0.05) is 50.2 Å². The summed E-state index contributed by atoms with van der Waals surface area (Å²) in [5.74, 6) is 0.363. The van der Waals surface area contributed by atoms with Crippen molar-refractivity contribution >= 4 is 28.5 Å². The quantitative estimate of drug-likeness (QED) is 0.703. The molecule has 0 saturated heterocycles. The van der Waals surface area contributed by atoms with E-state index in [1.54, 1.807) is 11.8 Å². The molecule has 1 spiro atoms. The number of esters is 1. The van der Waals surface area contributed by atoms with Crippen molar-refractivity contribution in [2.75, 3.05) is 11.6 Å². The molecule has 2 saturated carbocycles. The first kappa shape index (κ1) is 17.9. The summed E-state index contributed by atoms with van der Waals surface area (Å²) < 4.78 is 5.27. The number of hydrogen-bond acceptors (Lipinski definition) is 5. The number of rotatable bonds is 3. The second kappa shape index (κ2) is 5.75. The molecule has 2 bridgehead atoms. The normalized spacial score (nSPS) is 34.4. The molecule has 0 aromatic heterocycles. The van der Waals surface area contributed by atoms with Crippen molar-refractivity contribution in [3.05, 3.63) is 29.8 Å². The zero-order valence-electron chi connectivity index (χ0n) is 16.3. The third-order valence-electron chi connectivity index (χ3n) is 6.64. The van der Waals surface area contributed by atoms with Crippen molar-refractivity contribution in [2.24, 2.45) is 21.8 Å². The monoisotopic (exact) mass is 372 g/mol. The van der Waals surface area contributed by atoms with E-state index in [2.05, 4.69) is 57.0 Å². The molecule has 5 heteroatoms. The molecule has 140 valence electrons. The van der Waals surface area contributed by atoms with Crippen LogP contribution in [0.4, 0.5) is 5.69 Å². The van der Waals surface area contributed by atoms with Crippen molar-refractivity contribution < 1.29 is 9.53 Å². The number of hydrogen-bond donors (Lipinski definition) is 0. The van der Waals surface area contributed by atoms with E-state index >= 15 is 0 Å². The minimum Gasteiger partial charge on any atom is -0.461 e. The van der Waals surface area contributed by atoms with Crippen LogP contribution in [0.3, 0.4) is 0 Å². The number of fused-ring (bicyclic) bond motifs is 3. The second-order valence-electron chi connectivity index (χ2n) is 8.99. The molecule has 1 aliphatic heterocycles. The number of anilines is 1. The van der Waals surface area contributed by atoms with Gasteiger partial charge in [-0.15, -0.1) is 0 Å². The molecular weight excluding hydrogens is 344 g/mol. The van der Waals surface area contributed by atoms with Crippen LogP contribution in [-0.4, -0.2) is 22.5 Å². The molecule has 3 aliphatic rings. The van der Waals surface area contributed by atoms with E-state index in [0.29, 0.717) is 23.0 Å². The van der Waals surface area contributed by atoms with Crippen molar-refractivity contribution in [1.82, 2.24) is 0 Å². The molecule has 1 aromatic rings. The number of carbonyl (C=O) groups excluding carboxylic acids is 1. The van der Waals surface area contributed by atoms with Crippen molar-refractivity contribution in [2.45, 2.75) is 58.8 Å². The van der Waals surface area contributed by atoms with Gasteiger partial charge in [0, 0.05) is 5.41 Å². The summed E-state index contributed by atoms with van der Waals surface area (Å²) in [4.78, 5) is 12.3. The SMILES string of the molecule is CCOC(=O)C1=NN(c2ccc(C)cc2)[C@]2(C[C@H]3C[C@]2(C)CC3(C)C)S1. The van der Waals surface area contributed by atoms with E-state index in [4.69, 9.17) is 9.84 Å². The molecule has 3 atom stereocenters.